The van der Waals surface area contributed by atoms with Crippen molar-refractivity contribution in [2.45, 2.75) is 6.67 Å². The number of hydrogen-bond acceptors (Lipinski definition) is 7. The average molecular weight is 469 g/mol. The van der Waals surface area contributed by atoms with Gasteiger partial charge in [0.05, 0.1) is 41.0 Å². The minimum Gasteiger partial charge on any atom is -0.361 e. The van der Waals surface area contributed by atoms with E-state index in [0.29, 0.717) is 5.56 Å². The molecule has 9 heteroatoms. The number of H-pyrrole nitrogens is 1. The van der Waals surface area contributed by atoms with Gasteiger partial charge in [0.25, 0.3) is 0 Å². The summed E-state index contributed by atoms with van der Waals surface area (Å²) in [6.07, 6.45) is 7.40. The molecule has 5 heterocycles. The van der Waals surface area contributed by atoms with Crippen LogP contribution in [0, 0.1) is 11.3 Å². The zero-order valence-electron chi connectivity index (χ0n) is 18.8. The maximum Gasteiger partial charge on any atom is 0.126 e. The fourth-order valence-electron chi connectivity index (χ4n) is 4.45. The number of rotatable bonds is 5. The molecule has 4 aromatic heterocycles. The highest BCUT2D eigenvalue weighted by atomic mass is 32.1. The molecule has 5 aromatic rings. The molecule has 1 aromatic carbocycles. The van der Waals surface area contributed by atoms with Gasteiger partial charge < -0.3 is 19.8 Å². The van der Waals surface area contributed by atoms with Crippen molar-refractivity contribution < 1.29 is 0 Å². The van der Waals surface area contributed by atoms with Gasteiger partial charge >= 0.3 is 0 Å². The number of anilines is 2. The first kappa shape index (κ1) is 20.9. The first-order chi connectivity index (χ1) is 16.7. The van der Waals surface area contributed by atoms with E-state index in [-0.39, 0.29) is 0 Å². The average Bonchev–Trinajstić information content (AvgIpc) is 3.59. The molecule has 1 aliphatic heterocycles. The van der Waals surface area contributed by atoms with Crippen LogP contribution in [0.2, 0.25) is 0 Å². The van der Waals surface area contributed by atoms with Crippen molar-refractivity contribution in [1.29, 1.82) is 5.26 Å². The predicted molar refractivity (Wildman–Crippen MR) is 136 cm³/mol. The molecule has 0 saturated carbocycles. The fourth-order valence-corrected chi connectivity index (χ4v) is 5.49. The quantitative estimate of drug-likeness (QED) is 0.396. The molecule has 1 saturated heterocycles. The number of thiophene rings is 1. The van der Waals surface area contributed by atoms with Crippen LogP contribution < -0.4 is 5.32 Å². The predicted octanol–water partition coefficient (Wildman–Crippen LogP) is 4.46. The molecule has 34 heavy (non-hydrogen) atoms. The van der Waals surface area contributed by atoms with Crippen LogP contribution in [0.15, 0.2) is 55.2 Å². The van der Waals surface area contributed by atoms with Crippen LogP contribution in [0.4, 0.5) is 11.4 Å². The maximum absolute atomic E-state index is 9.78. The highest BCUT2D eigenvalue weighted by Crippen LogP contribution is 2.38. The zero-order valence-corrected chi connectivity index (χ0v) is 19.6. The van der Waals surface area contributed by atoms with E-state index in [1.165, 1.54) is 0 Å². The molecule has 0 atom stereocenters. The number of hydrogen-bond donors (Lipinski definition) is 2. The Morgan fingerprint density at radius 3 is 2.88 bits per heavy atom. The molecule has 6 rings (SSSR count). The molecule has 8 nitrogen and oxygen atoms in total. The number of pyridine rings is 1. The van der Waals surface area contributed by atoms with E-state index in [2.05, 4.69) is 59.9 Å². The molecule has 0 radical (unpaired) electrons. The third-order valence-electron chi connectivity index (χ3n) is 6.42. The Labute approximate surface area is 201 Å². The first-order valence-electron chi connectivity index (χ1n) is 11.3. The number of fused-ring (bicyclic) bond motifs is 2. The topological polar surface area (TPSA) is 88.8 Å². The summed E-state index contributed by atoms with van der Waals surface area (Å²) in [6, 6.07) is 12.6. The van der Waals surface area contributed by atoms with Crippen molar-refractivity contribution in [1.82, 2.24) is 29.3 Å². The minimum absolute atomic E-state index is 0.525. The van der Waals surface area contributed by atoms with Gasteiger partial charge in [-0.1, -0.05) is 0 Å². The Kier molecular flexibility index (Phi) is 5.26. The van der Waals surface area contributed by atoms with E-state index >= 15 is 0 Å². The Morgan fingerprint density at radius 2 is 2.03 bits per heavy atom. The molecular weight excluding hydrogens is 444 g/mol. The lowest BCUT2D eigenvalue weighted by atomic mass is 10.1. The van der Waals surface area contributed by atoms with Crippen molar-refractivity contribution in [3.63, 3.8) is 0 Å². The Balaban J connectivity index is 1.35. The van der Waals surface area contributed by atoms with E-state index < -0.39 is 0 Å². The van der Waals surface area contributed by atoms with Gasteiger partial charge in [0.2, 0.25) is 0 Å². The maximum atomic E-state index is 9.78. The SMILES string of the molecule is CN1CCN(Cn2cncc2-c2cc3c(Nc4ccc5[nH]ccc5c4)c(C#N)cnc3s2)CC1. The molecule has 0 amide bonds. The van der Waals surface area contributed by atoms with Crippen molar-refractivity contribution in [3.05, 3.63) is 60.8 Å². The molecule has 0 bridgehead atoms. The van der Waals surface area contributed by atoms with Crippen LogP contribution in [0.1, 0.15) is 5.56 Å². The number of nitrogens with zero attached hydrogens (tertiary/aromatic N) is 6. The molecule has 1 fully saturated rings. The van der Waals surface area contributed by atoms with E-state index in [0.717, 1.165) is 75.9 Å². The number of nitriles is 1. The Hall–Kier alpha value is -3.71. The normalized spacial score (nSPS) is 15.2. The standard InChI is InChI=1S/C25H24N8S/c1-31-6-8-32(9-7-31)16-33-15-27-14-22(33)23-11-20-24(18(12-26)13-29-25(20)34-23)30-19-2-3-21-17(10-19)4-5-28-21/h2-5,10-11,13-15,28H,6-9,16H2,1H3,(H,29,30). The molecule has 1 aliphatic rings. The van der Waals surface area contributed by atoms with Gasteiger partial charge in [-0.3, -0.25) is 4.90 Å². The third-order valence-corrected chi connectivity index (χ3v) is 7.48. The molecule has 0 unspecified atom stereocenters. The summed E-state index contributed by atoms with van der Waals surface area (Å²) in [5.41, 5.74) is 4.40. The third kappa shape index (κ3) is 3.82. The number of aromatic nitrogens is 4. The van der Waals surface area contributed by atoms with E-state index in [9.17, 15) is 5.26 Å². The van der Waals surface area contributed by atoms with Crippen LogP contribution in [-0.2, 0) is 6.67 Å². The molecule has 0 spiro atoms. The number of nitrogens with one attached hydrogen (secondary N) is 2. The van der Waals surface area contributed by atoms with Crippen LogP contribution in [-0.4, -0.2) is 62.5 Å². The zero-order chi connectivity index (χ0) is 23.1. The van der Waals surface area contributed by atoms with Crippen molar-refractivity contribution in [2.24, 2.45) is 0 Å². The smallest absolute Gasteiger partial charge is 0.126 e. The summed E-state index contributed by atoms with van der Waals surface area (Å²) in [5, 5.41) is 15.3. The largest absolute Gasteiger partial charge is 0.361 e. The van der Waals surface area contributed by atoms with Crippen LogP contribution in [0.25, 0.3) is 31.7 Å². The number of aromatic amines is 1. The monoisotopic (exact) mass is 468 g/mol. The second-order valence-electron chi connectivity index (χ2n) is 8.70. The summed E-state index contributed by atoms with van der Waals surface area (Å²) >= 11 is 1.63. The van der Waals surface area contributed by atoms with E-state index in [1.54, 1.807) is 17.5 Å². The van der Waals surface area contributed by atoms with Crippen molar-refractivity contribution in [3.8, 4) is 16.6 Å². The Morgan fingerprint density at radius 1 is 1.15 bits per heavy atom. The Bertz CT molecular complexity index is 1510. The van der Waals surface area contributed by atoms with Crippen LogP contribution >= 0.6 is 11.3 Å². The second-order valence-corrected chi connectivity index (χ2v) is 9.73. The highest BCUT2D eigenvalue weighted by molar-refractivity contribution is 7.21. The number of likely N-dealkylation sites (N-methyl/N-ethyl adjacent to an activating group) is 1. The number of benzene rings is 1. The highest BCUT2D eigenvalue weighted by Gasteiger charge is 2.18. The van der Waals surface area contributed by atoms with Gasteiger partial charge in [0.1, 0.15) is 10.9 Å². The molecule has 0 aliphatic carbocycles. The van der Waals surface area contributed by atoms with Gasteiger partial charge in [0.15, 0.2) is 0 Å². The van der Waals surface area contributed by atoms with Crippen LogP contribution in [0.5, 0.6) is 0 Å². The summed E-state index contributed by atoms with van der Waals surface area (Å²) in [7, 11) is 2.17. The fraction of sp³-hybridized carbons (Fsp3) is 0.240. The summed E-state index contributed by atoms with van der Waals surface area (Å²) < 4.78 is 2.20. The summed E-state index contributed by atoms with van der Waals surface area (Å²) in [4.78, 5) is 19.0. The van der Waals surface area contributed by atoms with E-state index in [4.69, 9.17) is 0 Å². The van der Waals surface area contributed by atoms with Gasteiger partial charge in [-0.2, -0.15) is 5.26 Å². The van der Waals surface area contributed by atoms with Crippen LogP contribution in [0.3, 0.4) is 0 Å². The second kappa shape index (κ2) is 8.57. The lowest BCUT2D eigenvalue weighted by molar-refractivity contribution is 0.125. The van der Waals surface area contributed by atoms with Gasteiger partial charge in [0, 0.05) is 60.5 Å². The minimum atomic E-state index is 0.525. The molecule has 170 valence electrons. The number of piperazine rings is 1. The van der Waals surface area contributed by atoms with Gasteiger partial charge in [-0.15, -0.1) is 11.3 Å². The summed E-state index contributed by atoms with van der Waals surface area (Å²) in [6.45, 7) is 5.07. The van der Waals surface area contributed by atoms with Crippen molar-refractivity contribution in [2.75, 3.05) is 38.5 Å². The summed E-state index contributed by atoms with van der Waals surface area (Å²) in [5.74, 6) is 0. The van der Waals surface area contributed by atoms with Gasteiger partial charge in [-0.25, -0.2) is 9.97 Å². The first-order valence-corrected chi connectivity index (χ1v) is 12.1. The lowest BCUT2D eigenvalue weighted by Gasteiger charge is -2.32. The van der Waals surface area contributed by atoms with Crippen molar-refractivity contribution >= 4 is 43.8 Å². The molecule has 2 N–H and O–H groups in total. The lowest BCUT2D eigenvalue weighted by Crippen LogP contribution is -2.44. The number of imidazole rings is 1. The van der Waals surface area contributed by atoms with Gasteiger partial charge in [-0.05, 0) is 37.4 Å². The molecular formula is C25H24N8S. The van der Waals surface area contributed by atoms with E-state index in [1.807, 2.05) is 36.9 Å².